The van der Waals surface area contributed by atoms with Gasteiger partial charge in [-0.25, -0.2) is 0 Å². The Bertz CT molecular complexity index is 820. The number of halogens is 3. The Morgan fingerprint density at radius 1 is 0.926 bits per heavy atom. The van der Waals surface area contributed by atoms with Gasteiger partial charge < -0.3 is 9.47 Å². The van der Waals surface area contributed by atoms with Crippen LogP contribution >= 0.6 is 0 Å². The average Bonchev–Trinajstić information content (AvgIpc) is 2.60. The second-order valence-corrected chi connectivity index (χ2v) is 5.61. The molecule has 0 aliphatic carbocycles. The van der Waals surface area contributed by atoms with Crippen LogP contribution in [0.25, 0.3) is 0 Å². The van der Waals surface area contributed by atoms with E-state index in [2.05, 4.69) is 15.6 Å². The van der Waals surface area contributed by atoms with E-state index in [0.29, 0.717) is 5.75 Å². The molecule has 2 N–H and O–H groups in total. The van der Waals surface area contributed by atoms with Gasteiger partial charge in [-0.3, -0.25) is 20.4 Å². The van der Waals surface area contributed by atoms with Crippen LogP contribution in [0.4, 0.5) is 13.2 Å². The summed E-state index contributed by atoms with van der Waals surface area (Å²) in [7, 11) is 0. The summed E-state index contributed by atoms with van der Waals surface area (Å²) in [5, 5.41) is 0. The Hall–Kier alpha value is -3.23. The first-order valence-corrected chi connectivity index (χ1v) is 7.79. The normalized spacial score (nSPS) is 10.9. The molecule has 0 aliphatic rings. The van der Waals surface area contributed by atoms with Crippen molar-refractivity contribution in [2.24, 2.45) is 0 Å². The van der Waals surface area contributed by atoms with E-state index in [1.165, 1.54) is 0 Å². The molecule has 27 heavy (non-hydrogen) atoms. The van der Waals surface area contributed by atoms with E-state index in [0.717, 1.165) is 35.4 Å². The number of hydrazine groups is 1. The van der Waals surface area contributed by atoms with Crippen molar-refractivity contribution in [3.8, 4) is 11.5 Å². The number of benzene rings is 2. The highest BCUT2D eigenvalue weighted by Gasteiger charge is 2.31. The summed E-state index contributed by atoms with van der Waals surface area (Å²) >= 11 is 0. The molecule has 2 aromatic rings. The van der Waals surface area contributed by atoms with Gasteiger partial charge in [0.05, 0.1) is 0 Å². The van der Waals surface area contributed by atoms with Crippen LogP contribution in [-0.4, -0.2) is 24.8 Å². The van der Waals surface area contributed by atoms with Crippen molar-refractivity contribution in [1.29, 1.82) is 0 Å². The summed E-state index contributed by atoms with van der Waals surface area (Å²) in [6.07, 6.45) is -4.81. The fourth-order valence-corrected chi connectivity index (χ4v) is 2.00. The third kappa shape index (κ3) is 6.53. The first-order valence-electron chi connectivity index (χ1n) is 7.79. The fraction of sp³-hybridized carbons (Fsp3) is 0.222. The van der Waals surface area contributed by atoms with Gasteiger partial charge >= 0.3 is 6.36 Å². The quantitative estimate of drug-likeness (QED) is 0.780. The van der Waals surface area contributed by atoms with Crippen LogP contribution in [0.2, 0.25) is 0 Å². The number of ether oxygens (including phenoxy) is 2. The summed E-state index contributed by atoms with van der Waals surface area (Å²) in [6.45, 7) is 3.54. The van der Waals surface area contributed by atoms with Crippen LogP contribution in [0.3, 0.4) is 0 Å². The van der Waals surface area contributed by atoms with E-state index < -0.39 is 23.9 Å². The molecule has 0 fully saturated rings. The molecular weight excluding hydrogens is 365 g/mol. The number of aryl methyl sites for hydroxylation is 2. The average molecular weight is 382 g/mol. The molecule has 0 saturated heterocycles. The molecule has 2 amide bonds. The monoisotopic (exact) mass is 382 g/mol. The van der Waals surface area contributed by atoms with Crippen molar-refractivity contribution < 1.29 is 32.2 Å². The maximum atomic E-state index is 12.1. The Morgan fingerprint density at radius 3 is 2.15 bits per heavy atom. The number of carbonyl (C=O) groups is 2. The van der Waals surface area contributed by atoms with Crippen molar-refractivity contribution in [1.82, 2.24) is 10.9 Å². The van der Waals surface area contributed by atoms with Crippen LogP contribution in [0.5, 0.6) is 11.5 Å². The second kappa shape index (κ2) is 8.43. The molecule has 0 unspecified atom stereocenters. The maximum Gasteiger partial charge on any atom is 0.573 e. The van der Waals surface area contributed by atoms with Crippen molar-refractivity contribution in [2.45, 2.75) is 20.2 Å². The zero-order valence-corrected chi connectivity index (χ0v) is 14.5. The van der Waals surface area contributed by atoms with Gasteiger partial charge in [-0.15, -0.1) is 13.2 Å². The van der Waals surface area contributed by atoms with Gasteiger partial charge in [-0.2, -0.15) is 0 Å². The Balaban J connectivity index is 1.80. The van der Waals surface area contributed by atoms with Crippen LogP contribution in [0.15, 0.2) is 42.5 Å². The Labute approximate surface area is 153 Å². The molecule has 0 aliphatic heterocycles. The molecule has 0 aromatic heterocycles. The summed E-state index contributed by atoms with van der Waals surface area (Å²) in [5.41, 5.74) is 6.44. The number of nitrogens with one attached hydrogen (secondary N) is 2. The smallest absolute Gasteiger partial charge is 0.484 e. The van der Waals surface area contributed by atoms with Gasteiger partial charge in [0.25, 0.3) is 11.8 Å². The first kappa shape index (κ1) is 20.1. The highest BCUT2D eigenvalue weighted by molar-refractivity contribution is 5.95. The van der Waals surface area contributed by atoms with E-state index in [-0.39, 0.29) is 12.2 Å². The Kier molecular flexibility index (Phi) is 6.27. The van der Waals surface area contributed by atoms with Gasteiger partial charge in [0, 0.05) is 5.56 Å². The lowest BCUT2D eigenvalue weighted by Gasteiger charge is -2.11. The minimum Gasteiger partial charge on any atom is -0.484 e. The van der Waals surface area contributed by atoms with Gasteiger partial charge in [0.1, 0.15) is 11.5 Å². The van der Waals surface area contributed by atoms with E-state index >= 15 is 0 Å². The zero-order chi connectivity index (χ0) is 20.0. The summed E-state index contributed by atoms with van der Waals surface area (Å²) in [6, 6.07) is 9.61. The Morgan fingerprint density at radius 2 is 1.56 bits per heavy atom. The second-order valence-electron chi connectivity index (χ2n) is 5.61. The molecule has 2 rings (SSSR count). The van der Waals surface area contributed by atoms with E-state index in [1.807, 2.05) is 19.9 Å². The minimum absolute atomic E-state index is 0.0416. The van der Waals surface area contributed by atoms with Crippen LogP contribution in [0, 0.1) is 13.8 Å². The number of hydrogen-bond acceptors (Lipinski definition) is 4. The molecule has 0 saturated carbocycles. The topological polar surface area (TPSA) is 76.7 Å². The lowest BCUT2D eigenvalue weighted by atomic mass is 10.1. The molecule has 9 heteroatoms. The van der Waals surface area contributed by atoms with E-state index in [9.17, 15) is 22.8 Å². The predicted octanol–water partition coefficient (Wildman–Crippen LogP) is 3.04. The van der Waals surface area contributed by atoms with Gasteiger partial charge in [-0.05, 0) is 61.4 Å². The lowest BCUT2D eigenvalue weighted by molar-refractivity contribution is -0.274. The molecule has 0 atom stereocenters. The van der Waals surface area contributed by atoms with Crippen LogP contribution in [0.1, 0.15) is 21.5 Å². The standard InChI is InChI=1S/C18H17F3N2O4/c1-11-3-6-15(9-12(11)2)26-10-16(24)22-23-17(25)13-4-7-14(8-5-13)27-18(19,20)21/h3-9H,10H2,1-2H3,(H,22,24)(H,23,25). The molecule has 0 bridgehead atoms. The van der Waals surface area contributed by atoms with Gasteiger partial charge in [-0.1, -0.05) is 6.07 Å². The predicted molar refractivity (Wildman–Crippen MR) is 90.1 cm³/mol. The summed E-state index contributed by atoms with van der Waals surface area (Å²) in [5.74, 6) is -1.24. The highest BCUT2D eigenvalue weighted by atomic mass is 19.4. The SMILES string of the molecule is Cc1ccc(OCC(=O)NNC(=O)c2ccc(OC(F)(F)F)cc2)cc1C. The third-order valence-corrected chi connectivity index (χ3v) is 3.51. The molecule has 6 nitrogen and oxygen atoms in total. The number of amides is 2. The van der Waals surface area contributed by atoms with Crippen LogP contribution < -0.4 is 20.3 Å². The number of rotatable bonds is 5. The number of carbonyl (C=O) groups excluding carboxylic acids is 2. The summed E-state index contributed by atoms with van der Waals surface area (Å²) < 4.78 is 45.3. The first-order chi connectivity index (χ1) is 12.6. The fourth-order valence-electron chi connectivity index (χ4n) is 2.00. The summed E-state index contributed by atoms with van der Waals surface area (Å²) in [4.78, 5) is 23.6. The number of hydrogen-bond donors (Lipinski definition) is 2. The molecule has 0 spiro atoms. The van der Waals surface area contributed by atoms with E-state index in [4.69, 9.17) is 4.74 Å². The third-order valence-electron chi connectivity index (χ3n) is 3.51. The lowest BCUT2D eigenvalue weighted by Crippen LogP contribution is -2.43. The largest absolute Gasteiger partial charge is 0.573 e. The molecule has 0 heterocycles. The van der Waals surface area contributed by atoms with Crippen molar-refractivity contribution >= 4 is 11.8 Å². The maximum absolute atomic E-state index is 12.1. The molecule has 0 radical (unpaired) electrons. The molecule has 144 valence electrons. The van der Waals surface area contributed by atoms with Gasteiger partial charge in [0.15, 0.2) is 6.61 Å². The van der Waals surface area contributed by atoms with Crippen molar-refractivity contribution in [3.63, 3.8) is 0 Å². The van der Waals surface area contributed by atoms with Gasteiger partial charge in [0.2, 0.25) is 0 Å². The molecular formula is C18H17F3N2O4. The van der Waals surface area contributed by atoms with Crippen molar-refractivity contribution in [3.05, 3.63) is 59.2 Å². The molecule has 2 aromatic carbocycles. The minimum atomic E-state index is -4.81. The van der Waals surface area contributed by atoms with Crippen LogP contribution in [-0.2, 0) is 4.79 Å². The van der Waals surface area contributed by atoms with E-state index in [1.54, 1.807) is 12.1 Å². The zero-order valence-electron chi connectivity index (χ0n) is 14.5. The highest BCUT2D eigenvalue weighted by Crippen LogP contribution is 2.22. The van der Waals surface area contributed by atoms with Crippen molar-refractivity contribution in [2.75, 3.05) is 6.61 Å². The number of alkyl halides is 3.